The third-order valence-electron chi connectivity index (χ3n) is 3.14. The number of Topliss-reactive ketones (excluding diaryl/α,β-unsaturated/α-hetero) is 1. The molecule has 0 unspecified atom stereocenters. The highest BCUT2D eigenvalue weighted by Crippen LogP contribution is 2.26. The maximum absolute atomic E-state index is 12.1. The fourth-order valence-electron chi connectivity index (χ4n) is 2.15. The van der Waals surface area contributed by atoms with E-state index in [0.717, 1.165) is 10.9 Å². The molecule has 1 aromatic heterocycles. The second-order valence-electron chi connectivity index (χ2n) is 4.72. The first-order valence-electron chi connectivity index (χ1n) is 6.57. The van der Waals surface area contributed by atoms with Gasteiger partial charge in [0.2, 0.25) is 0 Å². The van der Waals surface area contributed by atoms with Crippen LogP contribution in [0, 0.1) is 0 Å². The first-order chi connectivity index (χ1) is 10.2. The Bertz CT molecular complexity index is 779. The van der Waals surface area contributed by atoms with Gasteiger partial charge in [0.15, 0.2) is 5.78 Å². The molecule has 0 saturated heterocycles. The molecule has 106 valence electrons. The summed E-state index contributed by atoms with van der Waals surface area (Å²) >= 11 is 7.54. The minimum atomic E-state index is 0.0542. The zero-order valence-electron chi connectivity index (χ0n) is 11.2. The first kappa shape index (κ1) is 14.1. The van der Waals surface area contributed by atoms with E-state index in [2.05, 4.69) is 6.07 Å². The monoisotopic (exact) mass is 316 g/mol. The normalized spacial score (nSPS) is 10.7. The Kier molecular flexibility index (Phi) is 4.23. The quantitative estimate of drug-likeness (QED) is 0.679. The summed E-state index contributed by atoms with van der Waals surface area (Å²) in [6.07, 6.45) is 0.393. The summed E-state index contributed by atoms with van der Waals surface area (Å²) in [5.41, 5.74) is 1.07. The fraction of sp³-hybridized carbons (Fsp3) is 0.118. The maximum Gasteiger partial charge on any atom is 0.174 e. The largest absolute Gasteiger partial charge is 0.486 e. The van der Waals surface area contributed by atoms with E-state index >= 15 is 0 Å². The number of thiophene rings is 1. The van der Waals surface area contributed by atoms with Crippen LogP contribution in [-0.4, -0.2) is 12.4 Å². The third kappa shape index (κ3) is 3.43. The zero-order valence-corrected chi connectivity index (χ0v) is 12.8. The molecule has 0 amide bonds. The highest BCUT2D eigenvalue weighted by molar-refractivity contribution is 7.17. The van der Waals surface area contributed by atoms with E-state index in [1.807, 2.05) is 23.6 Å². The molecule has 2 aromatic carbocycles. The highest BCUT2D eigenvalue weighted by atomic mass is 35.5. The molecule has 0 saturated carbocycles. The summed E-state index contributed by atoms with van der Waals surface area (Å²) in [4.78, 5) is 12.1. The van der Waals surface area contributed by atoms with E-state index in [4.69, 9.17) is 16.3 Å². The Balaban J connectivity index is 1.64. The van der Waals surface area contributed by atoms with Gasteiger partial charge in [-0.05, 0) is 40.6 Å². The summed E-state index contributed by atoms with van der Waals surface area (Å²) < 4.78 is 6.68. The lowest BCUT2D eigenvalue weighted by molar-refractivity contribution is -0.120. The smallest absolute Gasteiger partial charge is 0.174 e. The zero-order chi connectivity index (χ0) is 14.7. The summed E-state index contributed by atoms with van der Waals surface area (Å²) in [6, 6.07) is 15.2. The van der Waals surface area contributed by atoms with E-state index in [0.29, 0.717) is 17.2 Å². The van der Waals surface area contributed by atoms with Gasteiger partial charge < -0.3 is 4.74 Å². The van der Waals surface area contributed by atoms with E-state index < -0.39 is 0 Å². The molecule has 0 aliphatic rings. The van der Waals surface area contributed by atoms with E-state index in [-0.39, 0.29) is 12.4 Å². The molecule has 0 aliphatic heterocycles. The SMILES string of the molecule is O=C(COc1cccc(Cl)c1)Cc1csc2ccccc12. The Labute approximate surface area is 131 Å². The van der Waals surface area contributed by atoms with Gasteiger partial charge in [-0.1, -0.05) is 35.9 Å². The van der Waals surface area contributed by atoms with Crippen LogP contribution in [0.2, 0.25) is 5.02 Å². The van der Waals surface area contributed by atoms with Gasteiger partial charge in [-0.25, -0.2) is 0 Å². The second-order valence-corrected chi connectivity index (χ2v) is 6.07. The van der Waals surface area contributed by atoms with Crippen LogP contribution in [0.1, 0.15) is 5.56 Å². The minimum Gasteiger partial charge on any atom is -0.486 e. The number of rotatable bonds is 5. The number of hydrogen-bond donors (Lipinski definition) is 0. The van der Waals surface area contributed by atoms with Crippen molar-refractivity contribution in [1.82, 2.24) is 0 Å². The first-order valence-corrected chi connectivity index (χ1v) is 7.83. The van der Waals surface area contributed by atoms with E-state index in [1.165, 1.54) is 4.70 Å². The van der Waals surface area contributed by atoms with Crippen LogP contribution >= 0.6 is 22.9 Å². The van der Waals surface area contributed by atoms with Gasteiger partial charge >= 0.3 is 0 Å². The lowest BCUT2D eigenvalue weighted by Gasteiger charge is -2.05. The number of ether oxygens (including phenoxy) is 1. The Hall–Kier alpha value is -1.84. The predicted octanol–water partition coefficient (Wildman–Crippen LogP) is 4.75. The van der Waals surface area contributed by atoms with Crippen LogP contribution in [0.3, 0.4) is 0 Å². The average Bonchev–Trinajstić information content (AvgIpc) is 2.89. The number of carbonyl (C=O) groups is 1. The van der Waals surface area contributed by atoms with Gasteiger partial charge in [0.25, 0.3) is 0 Å². The molecule has 4 heteroatoms. The second kappa shape index (κ2) is 6.29. The summed E-state index contributed by atoms with van der Waals surface area (Å²) in [7, 11) is 0. The molecule has 3 aromatic rings. The van der Waals surface area contributed by atoms with Crippen LogP contribution in [-0.2, 0) is 11.2 Å². The van der Waals surface area contributed by atoms with Crippen LogP contribution in [0.25, 0.3) is 10.1 Å². The van der Waals surface area contributed by atoms with Gasteiger partial charge in [-0.2, -0.15) is 0 Å². The van der Waals surface area contributed by atoms with Gasteiger partial charge in [0.05, 0.1) is 0 Å². The van der Waals surface area contributed by atoms with Crippen LogP contribution < -0.4 is 4.74 Å². The number of ketones is 1. The number of carbonyl (C=O) groups excluding carboxylic acids is 1. The standard InChI is InChI=1S/C17H13ClO2S/c18-13-4-3-5-15(9-13)20-10-14(19)8-12-11-21-17-7-2-1-6-16(12)17/h1-7,9,11H,8,10H2. The Morgan fingerprint density at radius 2 is 2.00 bits per heavy atom. The lowest BCUT2D eigenvalue weighted by Crippen LogP contribution is -2.13. The molecular formula is C17H13ClO2S. The number of fused-ring (bicyclic) bond motifs is 1. The van der Waals surface area contributed by atoms with E-state index in [1.54, 1.807) is 35.6 Å². The Morgan fingerprint density at radius 3 is 2.86 bits per heavy atom. The number of halogens is 1. The van der Waals surface area contributed by atoms with Crippen molar-refractivity contribution in [3.63, 3.8) is 0 Å². The minimum absolute atomic E-state index is 0.0542. The van der Waals surface area contributed by atoms with Crippen molar-refractivity contribution in [3.05, 3.63) is 64.5 Å². The molecular weight excluding hydrogens is 304 g/mol. The highest BCUT2D eigenvalue weighted by Gasteiger charge is 2.09. The average molecular weight is 317 g/mol. The Morgan fingerprint density at radius 1 is 1.14 bits per heavy atom. The van der Waals surface area contributed by atoms with Gasteiger partial charge in [-0.15, -0.1) is 11.3 Å². The molecule has 0 spiro atoms. The molecule has 2 nitrogen and oxygen atoms in total. The van der Waals surface area contributed by atoms with Crippen LogP contribution in [0.5, 0.6) is 5.75 Å². The summed E-state index contributed by atoms with van der Waals surface area (Å²) in [5.74, 6) is 0.671. The van der Waals surface area contributed by atoms with Crippen molar-refractivity contribution in [2.24, 2.45) is 0 Å². The number of hydrogen-bond acceptors (Lipinski definition) is 3. The van der Waals surface area contributed by atoms with Crippen molar-refractivity contribution in [2.45, 2.75) is 6.42 Å². The summed E-state index contributed by atoms with van der Waals surface area (Å²) in [5, 5.41) is 3.80. The van der Waals surface area contributed by atoms with Crippen molar-refractivity contribution < 1.29 is 9.53 Å². The molecule has 21 heavy (non-hydrogen) atoms. The molecule has 1 heterocycles. The van der Waals surface area contributed by atoms with Gasteiger partial charge in [-0.3, -0.25) is 4.79 Å². The molecule has 0 atom stereocenters. The van der Waals surface area contributed by atoms with Crippen molar-refractivity contribution >= 4 is 38.8 Å². The van der Waals surface area contributed by atoms with Crippen molar-refractivity contribution in [1.29, 1.82) is 0 Å². The van der Waals surface area contributed by atoms with Crippen molar-refractivity contribution in [3.8, 4) is 5.75 Å². The van der Waals surface area contributed by atoms with Crippen LogP contribution in [0.15, 0.2) is 53.9 Å². The fourth-order valence-corrected chi connectivity index (χ4v) is 3.30. The van der Waals surface area contributed by atoms with Gasteiger partial charge in [0, 0.05) is 16.1 Å². The summed E-state index contributed by atoms with van der Waals surface area (Å²) in [6.45, 7) is 0.0600. The maximum atomic E-state index is 12.1. The molecule has 0 fully saturated rings. The molecule has 0 aliphatic carbocycles. The van der Waals surface area contributed by atoms with Crippen molar-refractivity contribution in [2.75, 3.05) is 6.61 Å². The number of benzene rings is 2. The van der Waals surface area contributed by atoms with E-state index in [9.17, 15) is 4.79 Å². The van der Waals surface area contributed by atoms with Crippen LogP contribution in [0.4, 0.5) is 0 Å². The molecule has 0 bridgehead atoms. The topological polar surface area (TPSA) is 26.3 Å². The molecule has 0 N–H and O–H groups in total. The van der Waals surface area contributed by atoms with Gasteiger partial charge in [0.1, 0.15) is 12.4 Å². The molecule has 0 radical (unpaired) electrons. The lowest BCUT2D eigenvalue weighted by atomic mass is 10.1. The molecule has 3 rings (SSSR count). The third-order valence-corrected chi connectivity index (χ3v) is 4.39. The predicted molar refractivity (Wildman–Crippen MR) is 87.5 cm³/mol.